The third kappa shape index (κ3) is 5.33. The number of nitrogens with zero attached hydrogens (tertiary/aromatic N) is 4. The van der Waals surface area contributed by atoms with E-state index in [1.54, 1.807) is 17.0 Å². The van der Waals surface area contributed by atoms with Gasteiger partial charge >= 0.3 is 0 Å². The maximum Gasteiger partial charge on any atom is 0.291 e. The van der Waals surface area contributed by atoms with Crippen molar-refractivity contribution in [1.82, 2.24) is 24.7 Å². The second kappa shape index (κ2) is 11.6. The molecule has 0 radical (unpaired) electrons. The number of fused-ring (bicyclic) bond motifs is 1. The van der Waals surface area contributed by atoms with E-state index in [2.05, 4.69) is 15.6 Å². The Morgan fingerprint density at radius 2 is 1.77 bits per heavy atom. The van der Waals surface area contributed by atoms with E-state index in [0.29, 0.717) is 37.4 Å². The summed E-state index contributed by atoms with van der Waals surface area (Å²) in [5, 5.41) is 6.12. The van der Waals surface area contributed by atoms with Crippen LogP contribution in [-0.4, -0.2) is 83.5 Å². The molecular weight excluding hydrogens is 582 g/mol. The van der Waals surface area contributed by atoms with Gasteiger partial charge < -0.3 is 29.7 Å². The van der Waals surface area contributed by atoms with Gasteiger partial charge in [0.1, 0.15) is 0 Å². The number of carbonyl (C=O) groups is 3. The molecule has 43 heavy (non-hydrogen) atoms. The molecule has 3 aliphatic heterocycles. The summed E-state index contributed by atoms with van der Waals surface area (Å²) in [7, 11) is 2.75. The molecule has 0 spiro atoms. The summed E-state index contributed by atoms with van der Waals surface area (Å²) in [5.41, 5.74) is 0.781. The highest BCUT2D eigenvalue weighted by Crippen LogP contribution is 2.34. The molecule has 0 bridgehead atoms. The Kier molecular flexibility index (Phi) is 7.82. The van der Waals surface area contributed by atoms with Gasteiger partial charge in [-0.2, -0.15) is 4.39 Å². The number of rotatable bonds is 6. The van der Waals surface area contributed by atoms with Crippen molar-refractivity contribution in [2.24, 2.45) is 24.8 Å². The predicted molar refractivity (Wildman–Crippen MR) is 155 cm³/mol. The molecular formula is C30H31ClF2N6O4. The Morgan fingerprint density at radius 3 is 2.42 bits per heavy atom. The molecule has 3 unspecified atom stereocenters. The summed E-state index contributed by atoms with van der Waals surface area (Å²) in [6, 6.07) is 7.28. The van der Waals surface area contributed by atoms with Crippen LogP contribution in [0, 0.1) is 29.4 Å². The molecule has 0 saturated carbocycles. The summed E-state index contributed by atoms with van der Waals surface area (Å²) in [5.74, 6) is -2.58. The van der Waals surface area contributed by atoms with Gasteiger partial charge in [0, 0.05) is 62.9 Å². The van der Waals surface area contributed by atoms with E-state index < -0.39 is 17.5 Å². The summed E-state index contributed by atoms with van der Waals surface area (Å²) >= 11 is 6.50. The summed E-state index contributed by atoms with van der Waals surface area (Å²) in [6.07, 6.45) is 2.15. The van der Waals surface area contributed by atoms with E-state index in [-0.39, 0.29) is 57.4 Å². The van der Waals surface area contributed by atoms with Gasteiger partial charge in [-0.25, -0.2) is 9.37 Å². The van der Waals surface area contributed by atoms with E-state index >= 15 is 0 Å². The van der Waals surface area contributed by atoms with Gasteiger partial charge in [0.15, 0.2) is 17.4 Å². The van der Waals surface area contributed by atoms with Crippen molar-refractivity contribution in [3.8, 4) is 17.0 Å². The number of amides is 3. The van der Waals surface area contributed by atoms with E-state index in [9.17, 15) is 23.2 Å². The van der Waals surface area contributed by atoms with Crippen LogP contribution in [0.1, 0.15) is 27.4 Å². The van der Waals surface area contributed by atoms with Crippen molar-refractivity contribution < 1.29 is 27.9 Å². The van der Waals surface area contributed by atoms with E-state index in [1.807, 2.05) is 4.90 Å². The lowest BCUT2D eigenvalue weighted by molar-refractivity contribution is -0.134. The molecule has 6 rings (SSSR count). The first-order chi connectivity index (χ1) is 20.7. The van der Waals surface area contributed by atoms with E-state index in [4.69, 9.17) is 16.3 Å². The van der Waals surface area contributed by atoms with Crippen LogP contribution < -0.4 is 15.4 Å². The minimum absolute atomic E-state index is 0.0396. The number of hydrogen-bond donors (Lipinski definition) is 2. The van der Waals surface area contributed by atoms with E-state index in [0.717, 1.165) is 19.5 Å². The number of benzene rings is 2. The van der Waals surface area contributed by atoms with Gasteiger partial charge in [0.2, 0.25) is 11.7 Å². The third-order valence-electron chi connectivity index (χ3n) is 8.69. The molecule has 0 aliphatic carbocycles. The molecule has 3 atom stereocenters. The molecule has 3 aliphatic rings. The first kappa shape index (κ1) is 29.1. The second-order valence-corrected chi connectivity index (χ2v) is 11.7. The Balaban J connectivity index is 1.09. The lowest BCUT2D eigenvalue weighted by Gasteiger charge is -2.24. The number of hydrogen-bond acceptors (Lipinski definition) is 6. The van der Waals surface area contributed by atoms with Crippen LogP contribution in [0.3, 0.4) is 0 Å². The lowest BCUT2D eigenvalue weighted by atomic mass is 10.0. The first-order valence-corrected chi connectivity index (χ1v) is 14.5. The Bertz CT molecular complexity index is 1590. The number of anilines is 1. The number of methoxy groups -OCH3 is 1. The molecule has 3 saturated heterocycles. The highest BCUT2D eigenvalue weighted by molar-refractivity contribution is 6.34. The number of ether oxygens (including phenoxy) is 1. The maximum atomic E-state index is 14.6. The number of nitrogens with one attached hydrogen (secondary N) is 2. The third-order valence-corrected chi connectivity index (χ3v) is 9.00. The van der Waals surface area contributed by atoms with Gasteiger partial charge in [0.05, 0.1) is 35.5 Å². The smallest absolute Gasteiger partial charge is 0.291 e. The zero-order valence-corrected chi connectivity index (χ0v) is 24.5. The molecule has 3 aromatic rings. The highest BCUT2D eigenvalue weighted by atomic mass is 35.5. The second-order valence-electron chi connectivity index (χ2n) is 11.3. The van der Waals surface area contributed by atoms with Crippen molar-refractivity contribution in [3.63, 3.8) is 0 Å². The molecule has 226 valence electrons. The SMILES string of the molecule is COc1ccc(-c2cnc(C(=O)Nc3ccc(C(=O)N4CC5CN(C(=O)C6CCNC6)CC5C4)c(Cl)c3)n2C)c(F)c1F. The van der Waals surface area contributed by atoms with Crippen molar-refractivity contribution in [2.75, 3.05) is 51.7 Å². The van der Waals surface area contributed by atoms with Crippen molar-refractivity contribution >= 4 is 35.0 Å². The molecule has 10 nitrogen and oxygen atoms in total. The van der Waals surface area contributed by atoms with Gasteiger partial charge in [-0.05, 0) is 43.3 Å². The Hall–Kier alpha value is -4.03. The number of aromatic nitrogens is 2. The minimum Gasteiger partial charge on any atom is -0.494 e. The number of imidazole rings is 1. The molecule has 13 heteroatoms. The van der Waals surface area contributed by atoms with Gasteiger partial charge in [-0.15, -0.1) is 0 Å². The topological polar surface area (TPSA) is 109 Å². The predicted octanol–water partition coefficient (Wildman–Crippen LogP) is 3.42. The fraction of sp³-hybridized carbons (Fsp3) is 0.400. The summed E-state index contributed by atoms with van der Waals surface area (Å²) in [4.78, 5) is 47.0. The molecule has 2 aromatic carbocycles. The Morgan fingerprint density at radius 1 is 1.05 bits per heavy atom. The monoisotopic (exact) mass is 612 g/mol. The molecule has 3 fully saturated rings. The highest BCUT2D eigenvalue weighted by Gasteiger charge is 2.44. The summed E-state index contributed by atoms with van der Waals surface area (Å²) < 4.78 is 35.1. The fourth-order valence-corrected chi connectivity index (χ4v) is 6.61. The van der Waals surface area contributed by atoms with Gasteiger partial charge in [-0.3, -0.25) is 14.4 Å². The number of likely N-dealkylation sites (tertiary alicyclic amines) is 2. The standard InChI is InChI=1S/C30H31ClF2N6O4/c1-37-23(21-5-6-24(43-2)26(33)25(21)32)11-35-27(37)28(40)36-19-3-4-20(22(31)9-19)30(42)39-14-17-12-38(13-18(17)15-39)29(41)16-7-8-34-10-16/h3-6,9,11,16-18,34H,7-8,10,12-15H2,1-2H3,(H,36,40). The molecule has 2 N–H and O–H groups in total. The van der Waals surface area contributed by atoms with Crippen LogP contribution in [0.5, 0.6) is 5.75 Å². The zero-order valence-electron chi connectivity index (χ0n) is 23.7. The van der Waals surface area contributed by atoms with Crippen LogP contribution in [0.25, 0.3) is 11.3 Å². The van der Waals surface area contributed by atoms with Gasteiger partial charge in [0.25, 0.3) is 11.8 Å². The van der Waals surface area contributed by atoms with Crippen molar-refractivity contribution in [3.05, 3.63) is 64.6 Å². The lowest BCUT2D eigenvalue weighted by Crippen LogP contribution is -2.39. The zero-order chi connectivity index (χ0) is 30.4. The van der Waals surface area contributed by atoms with E-state index in [1.165, 1.54) is 43.1 Å². The molecule has 1 aromatic heterocycles. The summed E-state index contributed by atoms with van der Waals surface area (Å²) in [6.45, 7) is 4.06. The maximum absolute atomic E-state index is 14.6. The fourth-order valence-electron chi connectivity index (χ4n) is 6.34. The van der Waals surface area contributed by atoms with Crippen molar-refractivity contribution in [1.29, 1.82) is 0 Å². The number of carbonyl (C=O) groups excluding carboxylic acids is 3. The largest absolute Gasteiger partial charge is 0.494 e. The normalized spacial score (nSPS) is 21.3. The van der Waals surface area contributed by atoms with Crippen LogP contribution in [0.2, 0.25) is 5.02 Å². The molecule has 4 heterocycles. The number of halogens is 3. The quantitative estimate of drug-likeness (QED) is 0.442. The first-order valence-electron chi connectivity index (χ1n) is 14.1. The van der Waals surface area contributed by atoms with Crippen LogP contribution >= 0.6 is 11.6 Å². The van der Waals surface area contributed by atoms with Crippen molar-refractivity contribution in [2.45, 2.75) is 6.42 Å². The average molecular weight is 613 g/mol. The Labute approximate surface area is 251 Å². The van der Waals surface area contributed by atoms with Crippen LogP contribution in [0.15, 0.2) is 36.5 Å². The molecule has 3 amide bonds. The average Bonchev–Trinajstić information content (AvgIpc) is 3.78. The van der Waals surface area contributed by atoms with Crippen LogP contribution in [-0.2, 0) is 11.8 Å². The van der Waals surface area contributed by atoms with Crippen LogP contribution in [0.4, 0.5) is 14.5 Å². The minimum atomic E-state index is -1.14. The van der Waals surface area contributed by atoms with Gasteiger partial charge in [-0.1, -0.05) is 11.6 Å².